The largest absolute Gasteiger partial charge is 0.506 e. The van der Waals surface area contributed by atoms with E-state index in [1.807, 2.05) is 22.8 Å². The number of amides is 1. The van der Waals surface area contributed by atoms with Crippen LogP contribution in [0.1, 0.15) is 5.56 Å². The number of nitrogens with two attached hydrogens (primary N) is 1. The topological polar surface area (TPSA) is 121 Å². The second kappa shape index (κ2) is 8.19. The number of phenols is 1. The SMILES string of the molecule is Nc1nc[n+](CCc2ccccc2)c2nc(Sc3ccc(NC=O)c(O)c3)[nH]c12. The minimum absolute atomic E-state index is 0.0164. The van der Waals surface area contributed by atoms with E-state index < -0.39 is 0 Å². The summed E-state index contributed by atoms with van der Waals surface area (Å²) >= 11 is 1.35. The Labute approximate surface area is 170 Å². The molecule has 0 saturated carbocycles. The Kier molecular flexibility index (Phi) is 5.30. The molecule has 0 aliphatic heterocycles. The molecule has 8 nitrogen and oxygen atoms in total. The molecule has 0 spiro atoms. The number of nitrogens with one attached hydrogen (secondary N) is 2. The van der Waals surface area contributed by atoms with Gasteiger partial charge in [0.1, 0.15) is 5.75 Å². The maximum atomic E-state index is 10.5. The van der Waals surface area contributed by atoms with Crippen LogP contribution in [0.15, 0.2) is 64.9 Å². The van der Waals surface area contributed by atoms with Gasteiger partial charge in [-0.1, -0.05) is 40.3 Å². The summed E-state index contributed by atoms with van der Waals surface area (Å²) in [7, 11) is 0. The summed E-state index contributed by atoms with van der Waals surface area (Å²) in [4.78, 5) is 23.4. The maximum Gasteiger partial charge on any atom is 0.294 e. The van der Waals surface area contributed by atoms with Crippen LogP contribution in [0, 0.1) is 0 Å². The fourth-order valence-corrected chi connectivity index (χ4v) is 3.77. The van der Waals surface area contributed by atoms with Gasteiger partial charge in [0.2, 0.25) is 23.7 Å². The Balaban J connectivity index is 1.59. The Morgan fingerprint density at radius 2 is 2.07 bits per heavy atom. The third-order valence-electron chi connectivity index (χ3n) is 4.41. The van der Waals surface area contributed by atoms with Gasteiger partial charge in [-0.05, 0) is 35.5 Å². The van der Waals surface area contributed by atoms with Crippen LogP contribution in [0.5, 0.6) is 5.75 Å². The van der Waals surface area contributed by atoms with Crippen molar-refractivity contribution in [3.05, 3.63) is 60.4 Å². The summed E-state index contributed by atoms with van der Waals surface area (Å²) in [6.45, 7) is 0.718. The number of imidazole rings is 1. The van der Waals surface area contributed by atoms with Gasteiger partial charge < -0.3 is 21.1 Å². The number of anilines is 2. The van der Waals surface area contributed by atoms with E-state index >= 15 is 0 Å². The van der Waals surface area contributed by atoms with E-state index in [1.165, 1.54) is 17.3 Å². The number of phenolic OH excluding ortho intramolecular Hbond substituents is 1. The highest BCUT2D eigenvalue weighted by Gasteiger charge is 2.19. The number of aryl methyl sites for hydroxylation is 2. The fraction of sp³-hybridized carbons (Fsp3) is 0.100. The highest BCUT2D eigenvalue weighted by atomic mass is 32.2. The number of nitrogen functional groups attached to an aromatic ring is 1. The molecular formula is C20H19N6O2S+. The summed E-state index contributed by atoms with van der Waals surface area (Å²) in [6.07, 6.45) is 3.06. The van der Waals surface area contributed by atoms with Crippen LogP contribution >= 0.6 is 11.8 Å². The lowest BCUT2D eigenvalue weighted by molar-refractivity contribution is -0.675. The first kappa shape index (κ1) is 18.8. The molecule has 2 heterocycles. The Bertz CT molecular complexity index is 1160. The molecule has 5 N–H and O–H groups in total. The number of carbonyl (C=O) groups excluding carboxylic acids is 1. The molecule has 0 unspecified atom stereocenters. The fourth-order valence-electron chi connectivity index (χ4n) is 2.96. The maximum absolute atomic E-state index is 10.5. The van der Waals surface area contributed by atoms with E-state index in [2.05, 4.69) is 32.4 Å². The number of H-pyrrole nitrogens is 1. The zero-order valence-corrected chi connectivity index (χ0v) is 16.2. The van der Waals surface area contributed by atoms with Gasteiger partial charge in [0.05, 0.1) is 12.2 Å². The van der Waals surface area contributed by atoms with Crippen molar-refractivity contribution < 1.29 is 14.5 Å². The lowest BCUT2D eigenvalue weighted by Gasteiger charge is -2.03. The van der Waals surface area contributed by atoms with E-state index in [4.69, 9.17) is 5.73 Å². The van der Waals surface area contributed by atoms with Gasteiger partial charge >= 0.3 is 0 Å². The van der Waals surface area contributed by atoms with E-state index in [-0.39, 0.29) is 5.75 Å². The minimum atomic E-state index is -0.0164. The van der Waals surface area contributed by atoms with E-state index in [0.717, 1.165) is 23.5 Å². The predicted molar refractivity (Wildman–Crippen MR) is 111 cm³/mol. The van der Waals surface area contributed by atoms with Gasteiger partial charge in [-0.2, -0.15) is 0 Å². The number of fused-ring (bicyclic) bond motifs is 1. The number of aromatic amines is 1. The molecule has 146 valence electrons. The Morgan fingerprint density at radius 1 is 1.24 bits per heavy atom. The number of nitrogens with zero attached hydrogens (tertiary/aromatic N) is 3. The van der Waals surface area contributed by atoms with Crippen LogP contribution in [0.3, 0.4) is 0 Å². The molecule has 0 atom stereocenters. The zero-order valence-electron chi connectivity index (χ0n) is 15.4. The smallest absolute Gasteiger partial charge is 0.294 e. The molecule has 0 saturated heterocycles. The molecule has 9 heteroatoms. The average molecular weight is 407 g/mol. The number of hydrogen-bond donors (Lipinski definition) is 4. The van der Waals surface area contributed by atoms with Gasteiger partial charge in [0.15, 0.2) is 5.52 Å². The first-order chi connectivity index (χ1) is 14.1. The average Bonchev–Trinajstić information content (AvgIpc) is 3.15. The summed E-state index contributed by atoms with van der Waals surface area (Å²) in [6, 6.07) is 15.2. The second-order valence-corrected chi connectivity index (χ2v) is 7.40. The second-order valence-electron chi connectivity index (χ2n) is 6.34. The summed E-state index contributed by atoms with van der Waals surface area (Å²) in [5.74, 6) is 0.362. The number of benzene rings is 2. The van der Waals surface area contributed by atoms with Crippen LogP contribution in [0.25, 0.3) is 11.2 Å². The van der Waals surface area contributed by atoms with Crippen molar-refractivity contribution in [3.8, 4) is 5.75 Å². The molecule has 1 amide bonds. The standard InChI is InChI=1S/C20H18N6O2S/c21-18-17-19(26(11-22-18)9-8-13-4-2-1-3-5-13)25-20(24-17)29-14-6-7-15(23-12-27)16(28)10-14/h1-7,10-12H,8-9H2,(H4,21,23,24,25,27,28)/p+1. The number of rotatable bonds is 7. The summed E-state index contributed by atoms with van der Waals surface area (Å²) in [5.41, 5.74) is 9.00. The normalized spacial score (nSPS) is 10.9. The molecule has 2 aromatic heterocycles. The van der Waals surface area contributed by atoms with Gasteiger partial charge in [-0.3, -0.25) is 4.79 Å². The number of aromatic nitrogens is 4. The van der Waals surface area contributed by atoms with Crippen molar-refractivity contribution in [2.45, 2.75) is 23.0 Å². The third-order valence-corrected chi connectivity index (χ3v) is 5.29. The van der Waals surface area contributed by atoms with Crippen molar-refractivity contribution >= 4 is 40.8 Å². The molecule has 0 fully saturated rings. The van der Waals surface area contributed by atoms with Gasteiger partial charge in [0.25, 0.3) is 5.65 Å². The van der Waals surface area contributed by atoms with Crippen LogP contribution in [0.2, 0.25) is 0 Å². The molecule has 29 heavy (non-hydrogen) atoms. The first-order valence-electron chi connectivity index (χ1n) is 8.92. The van der Waals surface area contributed by atoms with Crippen molar-refractivity contribution in [2.24, 2.45) is 0 Å². The van der Waals surface area contributed by atoms with Gasteiger partial charge in [-0.15, -0.1) is 0 Å². The number of hydrogen-bond acceptors (Lipinski definition) is 6. The van der Waals surface area contributed by atoms with Crippen LogP contribution < -0.4 is 15.6 Å². The molecule has 0 bridgehead atoms. The zero-order chi connectivity index (χ0) is 20.2. The van der Waals surface area contributed by atoms with Gasteiger partial charge in [0, 0.05) is 11.3 Å². The predicted octanol–water partition coefficient (Wildman–Crippen LogP) is 2.50. The van der Waals surface area contributed by atoms with E-state index in [9.17, 15) is 9.90 Å². The molecule has 0 radical (unpaired) electrons. The summed E-state index contributed by atoms with van der Waals surface area (Å²) < 4.78 is 1.97. The van der Waals surface area contributed by atoms with Crippen molar-refractivity contribution in [1.29, 1.82) is 0 Å². The van der Waals surface area contributed by atoms with Crippen molar-refractivity contribution in [3.63, 3.8) is 0 Å². The molecule has 2 aromatic carbocycles. The first-order valence-corrected chi connectivity index (χ1v) is 9.74. The quantitative estimate of drug-likeness (QED) is 0.212. The molecule has 0 aliphatic carbocycles. The highest BCUT2D eigenvalue weighted by molar-refractivity contribution is 7.99. The van der Waals surface area contributed by atoms with Crippen LogP contribution in [-0.2, 0) is 17.8 Å². The number of aromatic hydroxyl groups is 1. The monoisotopic (exact) mass is 407 g/mol. The Morgan fingerprint density at radius 3 is 2.83 bits per heavy atom. The van der Waals surface area contributed by atoms with Crippen LogP contribution in [-0.4, -0.2) is 26.5 Å². The Hall–Kier alpha value is -3.59. The lowest BCUT2D eigenvalue weighted by Crippen LogP contribution is -2.36. The third kappa shape index (κ3) is 4.14. The molecular weight excluding hydrogens is 388 g/mol. The van der Waals surface area contributed by atoms with E-state index in [0.29, 0.717) is 28.6 Å². The highest BCUT2D eigenvalue weighted by Crippen LogP contribution is 2.33. The van der Waals surface area contributed by atoms with Crippen molar-refractivity contribution in [1.82, 2.24) is 15.0 Å². The van der Waals surface area contributed by atoms with Gasteiger partial charge in [-0.25, -0.2) is 4.57 Å². The molecule has 4 aromatic rings. The van der Waals surface area contributed by atoms with Crippen LogP contribution in [0.4, 0.5) is 11.5 Å². The van der Waals surface area contributed by atoms with Crippen molar-refractivity contribution in [2.75, 3.05) is 11.1 Å². The molecule has 4 rings (SSSR count). The molecule has 0 aliphatic rings. The number of carbonyl (C=O) groups is 1. The summed E-state index contributed by atoms with van der Waals surface area (Å²) in [5, 5.41) is 13.1. The minimum Gasteiger partial charge on any atom is -0.506 e. The lowest BCUT2D eigenvalue weighted by atomic mass is 10.1. The van der Waals surface area contributed by atoms with E-state index in [1.54, 1.807) is 24.5 Å².